The SMILES string of the molecule is CCCC1=NN(C(=O)c2ccccc2C)[C@](O)(C(F)(F)F)C1. The van der Waals surface area contributed by atoms with Crippen molar-refractivity contribution in [1.29, 1.82) is 0 Å². The van der Waals surface area contributed by atoms with Gasteiger partial charge in [0.05, 0.1) is 0 Å². The Balaban J connectivity index is 2.44. The summed E-state index contributed by atoms with van der Waals surface area (Å²) in [5, 5.41) is 14.0. The molecule has 0 radical (unpaired) electrons. The number of hydrogen-bond acceptors (Lipinski definition) is 3. The normalized spacial score (nSPS) is 21.9. The van der Waals surface area contributed by atoms with E-state index in [1.54, 1.807) is 32.0 Å². The molecule has 1 atom stereocenters. The van der Waals surface area contributed by atoms with Crippen molar-refractivity contribution in [3.8, 4) is 0 Å². The fourth-order valence-corrected chi connectivity index (χ4v) is 2.41. The average Bonchev–Trinajstić information content (AvgIpc) is 2.77. The van der Waals surface area contributed by atoms with Gasteiger partial charge in [0, 0.05) is 17.7 Å². The third-order valence-electron chi connectivity index (χ3n) is 3.60. The van der Waals surface area contributed by atoms with Gasteiger partial charge < -0.3 is 5.11 Å². The lowest BCUT2D eigenvalue weighted by Crippen LogP contribution is -2.56. The van der Waals surface area contributed by atoms with E-state index in [9.17, 15) is 23.1 Å². The predicted molar refractivity (Wildman–Crippen MR) is 75.3 cm³/mol. The average molecular weight is 314 g/mol. The minimum Gasteiger partial charge on any atom is -0.362 e. The van der Waals surface area contributed by atoms with Crippen molar-refractivity contribution in [1.82, 2.24) is 5.01 Å². The van der Waals surface area contributed by atoms with E-state index in [4.69, 9.17) is 0 Å². The van der Waals surface area contributed by atoms with Crippen molar-refractivity contribution in [3.05, 3.63) is 35.4 Å². The van der Waals surface area contributed by atoms with Gasteiger partial charge in [-0.05, 0) is 25.0 Å². The van der Waals surface area contributed by atoms with Gasteiger partial charge in [0.2, 0.25) is 0 Å². The molecule has 0 aliphatic carbocycles. The summed E-state index contributed by atoms with van der Waals surface area (Å²) >= 11 is 0. The van der Waals surface area contributed by atoms with E-state index in [2.05, 4.69) is 5.10 Å². The van der Waals surface area contributed by atoms with E-state index >= 15 is 0 Å². The lowest BCUT2D eigenvalue weighted by molar-refractivity contribution is -0.297. The van der Waals surface area contributed by atoms with Crippen molar-refractivity contribution >= 4 is 11.6 Å². The van der Waals surface area contributed by atoms with Crippen LogP contribution in [0.15, 0.2) is 29.4 Å². The van der Waals surface area contributed by atoms with E-state index in [1.807, 2.05) is 0 Å². The zero-order valence-electron chi connectivity index (χ0n) is 12.3. The van der Waals surface area contributed by atoms with Crippen LogP contribution in [0.1, 0.15) is 42.1 Å². The topological polar surface area (TPSA) is 52.9 Å². The fourth-order valence-electron chi connectivity index (χ4n) is 2.41. The van der Waals surface area contributed by atoms with Crippen LogP contribution in [0.2, 0.25) is 0 Å². The summed E-state index contributed by atoms with van der Waals surface area (Å²) in [6.07, 6.45) is -4.80. The molecule has 0 unspecified atom stereocenters. The molecule has 1 aliphatic rings. The van der Waals surface area contributed by atoms with Crippen molar-refractivity contribution in [2.75, 3.05) is 0 Å². The highest BCUT2D eigenvalue weighted by Gasteiger charge is 2.63. The number of carbonyl (C=O) groups is 1. The third-order valence-corrected chi connectivity index (χ3v) is 3.60. The van der Waals surface area contributed by atoms with Crippen LogP contribution in [0.5, 0.6) is 0 Å². The van der Waals surface area contributed by atoms with Crippen molar-refractivity contribution in [2.45, 2.75) is 45.0 Å². The number of rotatable bonds is 3. The van der Waals surface area contributed by atoms with Gasteiger partial charge in [0.15, 0.2) is 0 Å². The van der Waals surface area contributed by atoms with Crippen LogP contribution < -0.4 is 0 Å². The van der Waals surface area contributed by atoms with Crippen LogP contribution in [0.25, 0.3) is 0 Å². The van der Waals surface area contributed by atoms with Gasteiger partial charge in [0.1, 0.15) is 0 Å². The molecule has 0 spiro atoms. The summed E-state index contributed by atoms with van der Waals surface area (Å²) in [7, 11) is 0. The molecular formula is C15H17F3N2O2. The number of nitrogens with zero attached hydrogens (tertiary/aromatic N) is 2. The van der Waals surface area contributed by atoms with Crippen LogP contribution in [0.4, 0.5) is 13.2 Å². The second-order valence-electron chi connectivity index (χ2n) is 5.34. The minimum absolute atomic E-state index is 0.0895. The monoisotopic (exact) mass is 314 g/mol. The maximum atomic E-state index is 13.3. The van der Waals surface area contributed by atoms with Gasteiger partial charge in [-0.2, -0.15) is 23.3 Å². The lowest BCUT2D eigenvalue weighted by Gasteiger charge is -2.32. The number of hydrazone groups is 1. The molecule has 0 fully saturated rings. The summed E-state index contributed by atoms with van der Waals surface area (Å²) in [5.41, 5.74) is -2.50. The largest absolute Gasteiger partial charge is 0.438 e. The second-order valence-corrected chi connectivity index (χ2v) is 5.34. The molecule has 22 heavy (non-hydrogen) atoms. The van der Waals surface area contributed by atoms with Crippen LogP contribution in [0.3, 0.4) is 0 Å². The van der Waals surface area contributed by atoms with E-state index in [-0.39, 0.29) is 16.3 Å². The standard InChI is InChI=1S/C15H17F3N2O2/c1-3-6-11-9-14(22,15(16,17)18)20(19-11)13(21)12-8-5-4-7-10(12)2/h4-5,7-8,22H,3,6,9H2,1-2H3/t14-/m1/s1. The summed E-state index contributed by atoms with van der Waals surface area (Å²) in [6.45, 7) is 3.41. The summed E-state index contributed by atoms with van der Waals surface area (Å²) < 4.78 is 39.8. The number of aryl methyl sites for hydroxylation is 1. The zero-order valence-corrected chi connectivity index (χ0v) is 12.3. The molecular weight excluding hydrogens is 297 g/mol. The first-order chi connectivity index (χ1) is 10.2. The van der Waals surface area contributed by atoms with Gasteiger partial charge >= 0.3 is 6.18 Å². The number of alkyl halides is 3. The molecule has 7 heteroatoms. The van der Waals surface area contributed by atoms with Crippen molar-refractivity contribution < 1.29 is 23.1 Å². The highest BCUT2D eigenvalue weighted by molar-refractivity contribution is 5.99. The Bertz CT molecular complexity index is 613. The van der Waals surface area contributed by atoms with Crippen LogP contribution in [-0.4, -0.2) is 33.6 Å². The Morgan fingerprint density at radius 2 is 2.05 bits per heavy atom. The molecule has 0 aromatic heterocycles. The van der Waals surface area contributed by atoms with Crippen molar-refractivity contribution in [2.24, 2.45) is 5.10 Å². The van der Waals surface area contributed by atoms with E-state index in [0.717, 1.165) is 0 Å². The van der Waals surface area contributed by atoms with Gasteiger partial charge in [-0.3, -0.25) is 4.79 Å². The van der Waals surface area contributed by atoms with Crippen LogP contribution >= 0.6 is 0 Å². The van der Waals surface area contributed by atoms with Crippen LogP contribution in [0, 0.1) is 6.92 Å². The Hall–Kier alpha value is -1.89. The first-order valence-electron chi connectivity index (χ1n) is 6.96. The molecule has 2 rings (SSSR count). The Morgan fingerprint density at radius 3 is 2.59 bits per heavy atom. The molecule has 1 aromatic carbocycles. The summed E-state index contributed by atoms with van der Waals surface area (Å²) in [4.78, 5) is 12.4. The molecule has 0 saturated carbocycles. The smallest absolute Gasteiger partial charge is 0.362 e. The molecule has 0 saturated heterocycles. The first-order valence-corrected chi connectivity index (χ1v) is 6.96. The molecule has 0 bridgehead atoms. The van der Waals surface area contributed by atoms with Gasteiger partial charge in [-0.15, -0.1) is 0 Å². The van der Waals surface area contributed by atoms with E-state index in [0.29, 0.717) is 18.4 Å². The fraction of sp³-hybridized carbons (Fsp3) is 0.467. The number of carbonyl (C=O) groups excluding carboxylic acids is 1. The highest BCUT2D eigenvalue weighted by Crippen LogP contribution is 2.41. The molecule has 1 aromatic rings. The Kier molecular flexibility index (Phi) is 4.28. The maximum Gasteiger partial charge on any atom is 0.438 e. The number of aliphatic hydroxyl groups is 1. The molecule has 1 heterocycles. The second kappa shape index (κ2) is 5.72. The van der Waals surface area contributed by atoms with Gasteiger partial charge in [0.25, 0.3) is 11.6 Å². The van der Waals surface area contributed by atoms with Gasteiger partial charge in [-0.1, -0.05) is 31.5 Å². The summed E-state index contributed by atoms with van der Waals surface area (Å²) in [5.74, 6) is -0.955. The number of amides is 1. The zero-order chi connectivity index (χ0) is 16.5. The lowest BCUT2D eigenvalue weighted by atomic mass is 10.0. The molecule has 120 valence electrons. The minimum atomic E-state index is -4.98. The van der Waals surface area contributed by atoms with Crippen molar-refractivity contribution in [3.63, 3.8) is 0 Å². The summed E-state index contributed by atoms with van der Waals surface area (Å²) in [6, 6.07) is 6.27. The number of benzene rings is 1. The van der Waals surface area contributed by atoms with E-state index in [1.165, 1.54) is 6.07 Å². The number of halogens is 3. The quantitative estimate of drug-likeness (QED) is 0.931. The Morgan fingerprint density at radius 1 is 1.41 bits per heavy atom. The van der Waals surface area contributed by atoms with Gasteiger partial charge in [-0.25, -0.2) is 0 Å². The molecule has 1 aliphatic heterocycles. The van der Waals surface area contributed by atoms with E-state index < -0.39 is 24.2 Å². The maximum absolute atomic E-state index is 13.3. The third kappa shape index (κ3) is 2.72. The Labute approximate surface area is 126 Å². The van der Waals surface area contributed by atoms with Crippen LogP contribution in [-0.2, 0) is 0 Å². The highest BCUT2D eigenvalue weighted by atomic mass is 19.4. The predicted octanol–water partition coefficient (Wildman–Crippen LogP) is 3.25. The number of hydrogen-bond donors (Lipinski definition) is 1. The molecule has 1 N–H and O–H groups in total. The molecule has 4 nitrogen and oxygen atoms in total. The first kappa shape index (κ1) is 16.5. The molecule has 1 amide bonds.